The number of aliphatic carboxylic acids is 1. The second kappa shape index (κ2) is 8.74. The van der Waals surface area contributed by atoms with Crippen LogP contribution in [0, 0.1) is 6.92 Å². The van der Waals surface area contributed by atoms with Crippen molar-refractivity contribution < 1.29 is 19.4 Å². The lowest BCUT2D eigenvalue weighted by Crippen LogP contribution is -2.12. The van der Waals surface area contributed by atoms with E-state index in [-0.39, 0.29) is 6.61 Å². The van der Waals surface area contributed by atoms with Crippen molar-refractivity contribution >= 4 is 22.7 Å². The molecule has 1 aromatic heterocycles. The lowest BCUT2D eigenvalue weighted by Gasteiger charge is -2.16. The van der Waals surface area contributed by atoms with Crippen molar-refractivity contribution in [3.8, 4) is 17.2 Å². The van der Waals surface area contributed by atoms with Crippen LogP contribution in [0.1, 0.15) is 35.4 Å². The van der Waals surface area contributed by atoms with Crippen molar-refractivity contribution in [3.05, 3.63) is 77.1 Å². The summed E-state index contributed by atoms with van der Waals surface area (Å²) >= 11 is 0. The van der Waals surface area contributed by atoms with Crippen molar-refractivity contribution in [1.29, 1.82) is 0 Å². The molecule has 0 amide bonds. The Labute approximate surface area is 198 Å². The average molecular weight is 458 g/mol. The number of fused-ring (bicyclic) bond motifs is 2. The van der Waals surface area contributed by atoms with Crippen LogP contribution in [0.25, 0.3) is 16.7 Å². The summed E-state index contributed by atoms with van der Waals surface area (Å²) in [5, 5.41) is 12.8. The SMILES string of the molecule is CCc1nc2cc(OC)ccc2n1-c1cccc(CNc2ccc3c(c2)OCC3C(=O)O)c1C. The van der Waals surface area contributed by atoms with Gasteiger partial charge >= 0.3 is 5.97 Å². The highest BCUT2D eigenvalue weighted by molar-refractivity contribution is 5.81. The van der Waals surface area contributed by atoms with Gasteiger partial charge in [-0.3, -0.25) is 9.36 Å². The number of aryl methyl sites for hydroxylation is 1. The van der Waals surface area contributed by atoms with E-state index in [4.69, 9.17) is 14.5 Å². The molecule has 0 saturated carbocycles. The second-order valence-electron chi connectivity index (χ2n) is 8.44. The van der Waals surface area contributed by atoms with Crippen LogP contribution in [-0.2, 0) is 17.8 Å². The molecular weight excluding hydrogens is 430 g/mol. The highest BCUT2D eigenvalue weighted by Gasteiger charge is 2.30. The molecule has 0 spiro atoms. The van der Waals surface area contributed by atoms with Gasteiger partial charge in [-0.2, -0.15) is 0 Å². The number of carboxylic acids is 1. The minimum Gasteiger partial charge on any atom is -0.497 e. The molecule has 0 bridgehead atoms. The van der Waals surface area contributed by atoms with Crippen molar-refractivity contribution in [1.82, 2.24) is 9.55 Å². The standard InChI is InChI=1S/C27H27N3O4/c1-4-26-29-22-13-19(33-3)9-11-24(22)30(26)23-7-5-6-17(16(23)2)14-28-18-8-10-20-21(27(31)32)15-34-25(20)12-18/h5-13,21,28H,4,14-15H2,1-3H3,(H,31,32). The topological polar surface area (TPSA) is 85.6 Å². The quantitative estimate of drug-likeness (QED) is 0.403. The Balaban J connectivity index is 1.44. The molecule has 1 atom stereocenters. The third-order valence-electron chi connectivity index (χ3n) is 6.48. The van der Waals surface area contributed by atoms with Gasteiger partial charge in [-0.25, -0.2) is 4.98 Å². The maximum atomic E-state index is 11.4. The van der Waals surface area contributed by atoms with Crippen LogP contribution in [0.2, 0.25) is 0 Å². The predicted octanol–water partition coefficient (Wildman–Crippen LogP) is 5.08. The first-order chi connectivity index (χ1) is 16.5. The van der Waals surface area contributed by atoms with Crippen molar-refractivity contribution in [3.63, 3.8) is 0 Å². The first-order valence-corrected chi connectivity index (χ1v) is 11.4. The number of carbonyl (C=O) groups is 1. The molecule has 0 aliphatic carbocycles. The zero-order chi connectivity index (χ0) is 23.8. The first kappa shape index (κ1) is 21.8. The summed E-state index contributed by atoms with van der Waals surface area (Å²) in [5.41, 5.74) is 7.02. The Bertz CT molecular complexity index is 1390. The number of imidazole rings is 1. The summed E-state index contributed by atoms with van der Waals surface area (Å²) in [4.78, 5) is 16.2. The van der Waals surface area contributed by atoms with Gasteiger partial charge in [-0.05, 0) is 42.3 Å². The number of aromatic nitrogens is 2. The Hall–Kier alpha value is -4.00. The van der Waals surface area contributed by atoms with E-state index in [1.165, 1.54) is 11.1 Å². The molecule has 0 radical (unpaired) electrons. The number of nitrogens with zero attached hydrogens (tertiary/aromatic N) is 2. The maximum absolute atomic E-state index is 11.4. The molecule has 2 N–H and O–H groups in total. The summed E-state index contributed by atoms with van der Waals surface area (Å²) < 4.78 is 13.2. The van der Waals surface area contributed by atoms with Gasteiger partial charge in [0.05, 0.1) is 23.8 Å². The number of anilines is 1. The molecule has 5 rings (SSSR count). The molecule has 34 heavy (non-hydrogen) atoms. The monoisotopic (exact) mass is 457 g/mol. The predicted molar refractivity (Wildman–Crippen MR) is 131 cm³/mol. The molecule has 3 aromatic carbocycles. The number of nitrogens with one attached hydrogen (secondary N) is 1. The van der Waals surface area contributed by atoms with Gasteiger partial charge in [0.15, 0.2) is 0 Å². The Kier molecular flexibility index (Phi) is 5.61. The first-order valence-electron chi connectivity index (χ1n) is 11.4. The fourth-order valence-corrected chi connectivity index (χ4v) is 4.57. The minimum absolute atomic E-state index is 0.180. The van der Waals surface area contributed by atoms with E-state index in [9.17, 15) is 9.90 Å². The van der Waals surface area contributed by atoms with Crippen LogP contribution in [0.5, 0.6) is 11.5 Å². The molecule has 7 nitrogen and oxygen atoms in total. The third-order valence-corrected chi connectivity index (χ3v) is 6.48. The largest absolute Gasteiger partial charge is 0.497 e. The number of ether oxygens (including phenoxy) is 2. The van der Waals surface area contributed by atoms with E-state index in [1.54, 1.807) is 7.11 Å². The summed E-state index contributed by atoms with van der Waals surface area (Å²) in [5.74, 6) is 0.975. The number of rotatable bonds is 7. The molecule has 0 saturated heterocycles. The normalized spacial score (nSPS) is 14.6. The highest BCUT2D eigenvalue weighted by Crippen LogP contribution is 2.36. The van der Waals surface area contributed by atoms with Crippen LogP contribution in [0.3, 0.4) is 0 Å². The zero-order valence-corrected chi connectivity index (χ0v) is 19.5. The van der Waals surface area contributed by atoms with Gasteiger partial charge < -0.3 is 19.9 Å². The van der Waals surface area contributed by atoms with E-state index in [2.05, 4.69) is 48.0 Å². The fourth-order valence-electron chi connectivity index (χ4n) is 4.57. The summed E-state index contributed by atoms with van der Waals surface area (Å²) in [7, 11) is 1.66. The van der Waals surface area contributed by atoms with Crippen molar-refractivity contribution in [2.45, 2.75) is 32.7 Å². The van der Waals surface area contributed by atoms with E-state index >= 15 is 0 Å². The molecular formula is C27H27N3O4. The van der Waals surface area contributed by atoms with Crippen LogP contribution in [0.15, 0.2) is 54.6 Å². The Morgan fingerprint density at radius 2 is 2.09 bits per heavy atom. The average Bonchev–Trinajstić information content (AvgIpc) is 3.44. The van der Waals surface area contributed by atoms with Crippen molar-refractivity contribution in [2.24, 2.45) is 0 Å². The van der Waals surface area contributed by atoms with E-state index in [0.29, 0.717) is 12.3 Å². The number of hydrogen-bond acceptors (Lipinski definition) is 5. The maximum Gasteiger partial charge on any atom is 0.314 e. The number of carboxylic acid groups (broad SMARTS) is 1. The fraction of sp³-hybridized carbons (Fsp3) is 0.259. The third kappa shape index (κ3) is 3.73. The summed E-state index contributed by atoms with van der Waals surface area (Å²) in [6.45, 7) is 5.05. The number of benzene rings is 3. The highest BCUT2D eigenvalue weighted by atomic mass is 16.5. The lowest BCUT2D eigenvalue weighted by molar-refractivity contribution is -0.138. The smallest absolute Gasteiger partial charge is 0.314 e. The molecule has 1 aliphatic heterocycles. The van der Waals surface area contributed by atoms with Crippen molar-refractivity contribution in [2.75, 3.05) is 19.0 Å². The van der Waals surface area contributed by atoms with E-state index in [1.807, 2.05) is 30.3 Å². The van der Waals surface area contributed by atoms with Gasteiger partial charge in [-0.15, -0.1) is 0 Å². The Morgan fingerprint density at radius 3 is 2.85 bits per heavy atom. The van der Waals surface area contributed by atoms with Crippen LogP contribution in [-0.4, -0.2) is 34.3 Å². The number of methoxy groups -OCH3 is 1. The lowest BCUT2D eigenvalue weighted by atomic mass is 10.0. The molecule has 4 aromatic rings. The van der Waals surface area contributed by atoms with Gasteiger partial charge in [0, 0.05) is 36.3 Å². The van der Waals surface area contributed by atoms with Crippen LogP contribution < -0.4 is 14.8 Å². The molecule has 7 heteroatoms. The second-order valence-corrected chi connectivity index (χ2v) is 8.44. The molecule has 1 unspecified atom stereocenters. The van der Waals surface area contributed by atoms with Gasteiger partial charge in [0.1, 0.15) is 29.8 Å². The minimum atomic E-state index is -0.858. The van der Waals surface area contributed by atoms with Crippen LogP contribution >= 0.6 is 0 Å². The van der Waals surface area contributed by atoms with E-state index < -0.39 is 11.9 Å². The summed E-state index contributed by atoms with van der Waals surface area (Å²) in [6.07, 6.45) is 0.811. The van der Waals surface area contributed by atoms with Gasteiger partial charge in [0.25, 0.3) is 0 Å². The van der Waals surface area contributed by atoms with E-state index in [0.717, 1.165) is 46.0 Å². The van der Waals surface area contributed by atoms with Gasteiger partial charge in [-0.1, -0.05) is 25.1 Å². The zero-order valence-electron chi connectivity index (χ0n) is 19.5. The summed E-state index contributed by atoms with van der Waals surface area (Å²) in [6, 6.07) is 17.9. The van der Waals surface area contributed by atoms with Gasteiger partial charge in [0.2, 0.25) is 0 Å². The van der Waals surface area contributed by atoms with Crippen LogP contribution in [0.4, 0.5) is 5.69 Å². The molecule has 0 fully saturated rings. The molecule has 174 valence electrons. The molecule has 2 heterocycles. The number of hydrogen-bond donors (Lipinski definition) is 2. The molecule has 1 aliphatic rings. The Morgan fingerprint density at radius 1 is 1.24 bits per heavy atom.